The molecule has 2 aromatic rings. The summed E-state index contributed by atoms with van der Waals surface area (Å²) in [5.41, 5.74) is 1.35. The molecule has 8 nitrogen and oxygen atoms in total. The van der Waals surface area contributed by atoms with Gasteiger partial charge in [0.2, 0.25) is 0 Å². The molecule has 8 heteroatoms. The van der Waals surface area contributed by atoms with Gasteiger partial charge in [-0.3, -0.25) is 19.0 Å². The predicted molar refractivity (Wildman–Crippen MR) is 79.7 cm³/mol. The Morgan fingerprint density at radius 2 is 2.14 bits per heavy atom. The molecule has 0 aromatic carbocycles. The van der Waals surface area contributed by atoms with Crippen molar-refractivity contribution in [2.45, 2.75) is 39.8 Å². The van der Waals surface area contributed by atoms with E-state index in [-0.39, 0.29) is 18.9 Å². The molecule has 22 heavy (non-hydrogen) atoms. The quantitative estimate of drug-likeness (QED) is 0.807. The van der Waals surface area contributed by atoms with Crippen molar-refractivity contribution in [2.24, 2.45) is 0 Å². The van der Waals surface area contributed by atoms with Gasteiger partial charge in [0.1, 0.15) is 0 Å². The number of anilines is 1. The lowest BCUT2D eigenvalue weighted by Crippen LogP contribution is -2.12. The van der Waals surface area contributed by atoms with Gasteiger partial charge in [0.05, 0.1) is 24.7 Å². The summed E-state index contributed by atoms with van der Waals surface area (Å²) in [5.74, 6) is -0.726. The number of carboxylic acid groups (broad SMARTS) is 1. The standard InChI is InChI=1S/C14H19N5O3/c1-3-5-19-10(2)7-12(17-19)16-14(22)11-8-15-18(9-11)6-4-13(20)21/h7-9H,3-6H2,1-2H3,(H,20,21)(H,16,17,22). The third-order valence-corrected chi connectivity index (χ3v) is 3.11. The minimum atomic E-state index is -0.904. The van der Waals surface area contributed by atoms with Crippen molar-refractivity contribution in [3.05, 3.63) is 29.7 Å². The summed E-state index contributed by atoms with van der Waals surface area (Å²) < 4.78 is 3.27. The van der Waals surface area contributed by atoms with Crippen molar-refractivity contribution in [1.29, 1.82) is 0 Å². The highest BCUT2D eigenvalue weighted by atomic mass is 16.4. The van der Waals surface area contributed by atoms with E-state index < -0.39 is 5.97 Å². The molecule has 0 saturated heterocycles. The summed E-state index contributed by atoms with van der Waals surface area (Å²) >= 11 is 0. The highest BCUT2D eigenvalue weighted by Crippen LogP contribution is 2.11. The maximum Gasteiger partial charge on any atom is 0.305 e. The minimum absolute atomic E-state index is 0.0383. The average Bonchev–Trinajstić information content (AvgIpc) is 3.05. The first-order chi connectivity index (χ1) is 10.5. The van der Waals surface area contributed by atoms with Gasteiger partial charge < -0.3 is 10.4 Å². The minimum Gasteiger partial charge on any atom is -0.481 e. The van der Waals surface area contributed by atoms with Crippen LogP contribution in [-0.4, -0.2) is 36.5 Å². The Labute approximate surface area is 127 Å². The molecular weight excluding hydrogens is 286 g/mol. The Balaban J connectivity index is 2.00. The van der Waals surface area contributed by atoms with Crippen LogP contribution < -0.4 is 5.32 Å². The van der Waals surface area contributed by atoms with Gasteiger partial charge in [0, 0.05) is 24.5 Å². The Hall–Kier alpha value is -2.64. The van der Waals surface area contributed by atoms with Crippen LogP contribution in [0, 0.1) is 6.92 Å². The van der Waals surface area contributed by atoms with Crippen LogP contribution in [0.2, 0.25) is 0 Å². The fraction of sp³-hybridized carbons (Fsp3) is 0.429. The van der Waals surface area contributed by atoms with Gasteiger partial charge in [-0.05, 0) is 13.3 Å². The smallest absolute Gasteiger partial charge is 0.305 e. The lowest BCUT2D eigenvalue weighted by atomic mass is 10.3. The van der Waals surface area contributed by atoms with Gasteiger partial charge in [-0.1, -0.05) is 6.92 Å². The first-order valence-corrected chi connectivity index (χ1v) is 7.09. The maximum atomic E-state index is 12.1. The molecule has 2 N–H and O–H groups in total. The van der Waals surface area contributed by atoms with Gasteiger partial charge in [0.25, 0.3) is 5.91 Å². The number of carbonyl (C=O) groups is 2. The van der Waals surface area contributed by atoms with Crippen LogP contribution in [0.3, 0.4) is 0 Å². The molecule has 0 aliphatic rings. The summed E-state index contributed by atoms with van der Waals surface area (Å²) in [4.78, 5) is 22.6. The molecule has 2 rings (SSSR count). The molecule has 2 aromatic heterocycles. The SMILES string of the molecule is CCCn1nc(NC(=O)c2cnn(CCC(=O)O)c2)cc1C. The third-order valence-electron chi connectivity index (χ3n) is 3.11. The summed E-state index contributed by atoms with van der Waals surface area (Å²) in [5, 5.41) is 19.6. The number of carbonyl (C=O) groups excluding carboxylic acids is 1. The summed E-state index contributed by atoms with van der Waals surface area (Å²) in [7, 11) is 0. The van der Waals surface area contributed by atoms with Crippen LogP contribution in [0.25, 0.3) is 0 Å². The number of nitrogens with zero attached hydrogens (tertiary/aromatic N) is 4. The zero-order valence-electron chi connectivity index (χ0n) is 12.6. The third kappa shape index (κ3) is 3.94. The summed E-state index contributed by atoms with van der Waals surface area (Å²) in [6.07, 6.45) is 3.86. The number of aryl methyl sites for hydroxylation is 3. The van der Waals surface area contributed by atoms with E-state index in [1.54, 1.807) is 0 Å². The number of hydrogen-bond acceptors (Lipinski definition) is 4. The molecule has 118 valence electrons. The largest absolute Gasteiger partial charge is 0.481 e. The van der Waals surface area contributed by atoms with Crippen LogP contribution in [-0.2, 0) is 17.9 Å². The van der Waals surface area contributed by atoms with E-state index in [1.807, 2.05) is 17.7 Å². The Kier molecular flexibility index (Phi) is 4.92. The van der Waals surface area contributed by atoms with Gasteiger partial charge in [-0.15, -0.1) is 0 Å². The van der Waals surface area contributed by atoms with Crippen molar-refractivity contribution in [2.75, 3.05) is 5.32 Å². The first-order valence-electron chi connectivity index (χ1n) is 7.09. The Morgan fingerprint density at radius 1 is 1.36 bits per heavy atom. The molecule has 0 radical (unpaired) electrons. The lowest BCUT2D eigenvalue weighted by molar-refractivity contribution is -0.137. The normalized spacial score (nSPS) is 10.6. The molecule has 2 heterocycles. The topological polar surface area (TPSA) is 102 Å². The predicted octanol–water partition coefficient (Wildman–Crippen LogP) is 1.53. The number of aliphatic carboxylic acids is 1. The lowest BCUT2D eigenvalue weighted by Gasteiger charge is -2.00. The number of rotatable bonds is 7. The molecular formula is C14H19N5O3. The molecule has 1 amide bonds. The second-order valence-corrected chi connectivity index (χ2v) is 4.98. The van der Waals surface area contributed by atoms with Gasteiger partial charge in [-0.2, -0.15) is 10.2 Å². The molecule has 0 atom stereocenters. The Bertz CT molecular complexity index is 674. The molecule has 0 aliphatic heterocycles. The first kappa shape index (κ1) is 15.7. The van der Waals surface area contributed by atoms with E-state index in [9.17, 15) is 9.59 Å². The number of carboxylic acids is 1. The highest BCUT2D eigenvalue weighted by molar-refractivity contribution is 6.03. The van der Waals surface area contributed by atoms with E-state index in [2.05, 4.69) is 22.4 Å². The second kappa shape index (κ2) is 6.88. The number of aromatic nitrogens is 4. The Morgan fingerprint density at radius 3 is 2.82 bits per heavy atom. The van der Waals surface area contributed by atoms with E-state index >= 15 is 0 Å². The van der Waals surface area contributed by atoms with Crippen LogP contribution in [0.4, 0.5) is 5.82 Å². The van der Waals surface area contributed by atoms with E-state index in [0.717, 1.165) is 18.7 Å². The number of nitrogens with one attached hydrogen (secondary N) is 1. The van der Waals surface area contributed by atoms with Crippen molar-refractivity contribution >= 4 is 17.7 Å². The van der Waals surface area contributed by atoms with Crippen molar-refractivity contribution in [3.63, 3.8) is 0 Å². The van der Waals surface area contributed by atoms with E-state index in [1.165, 1.54) is 17.1 Å². The van der Waals surface area contributed by atoms with Crippen molar-refractivity contribution in [3.8, 4) is 0 Å². The molecule has 0 spiro atoms. The fourth-order valence-electron chi connectivity index (χ4n) is 2.01. The van der Waals surface area contributed by atoms with Crippen molar-refractivity contribution in [1.82, 2.24) is 19.6 Å². The summed E-state index contributed by atoms with van der Waals surface area (Å²) in [6, 6.07) is 1.81. The van der Waals surface area contributed by atoms with Crippen LogP contribution in [0.1, 0.15) is 35.8 Å². The monoisotopic (exact) mass is 305 g/mol. The number of hydrogen-bond donors (Lipinski definition) is 2. The van der Waals surface area contributed by atoms with Crippen LogP contribution >= 0.6 is 0 Å². The molecule has 0 fully saturated rings. The van der Waals surface area contributed by atoms with Crippen LogP contribution in [0.5, 0.6) is 0 Å². The molecule has 0 aliphatic carbocycles. The van der Waals surface area contributed by atoms with Gasteiger partial charge in [0.15, 0.2) is 5.82 Å². The zero-order chi connectivity index (χ0) is 16.1. The molecule has 0 saturated carbocycles. The van der Waals surface area contributed by atoms with Gasteiger partial charge in [-0.25, -0.2) is 0 Å². The summed E-state index contributed by atoms with van der Waals surface area (Å²) in [6.45, 7) is 5.02. The second-order valence-electron chi connectivity index (χ2n) is 4.98. The van der Waals surface area contributed by atoms with Crippen molar-refractivity contribution < 1.29 is 14.7 Å². The molecule has 0 bridgehead atoms. The highest BCUT2D eigenvalue weighted by Gasteiger charge is 2.12. The van der Waals surface area contributed by atoms with E-state index in [0.29, 0.717) is 11.4 Å². The average molecular weight is 305 g/mol. The van der Waals surface area contributed by atoms with Gasteiger partial charge >= 0.3 is 5.97 Å². The fourth-order valence-corrected chi connectivity index (χ4v) is 2.01. The zero-order valence-corrected chi connectivity index (χ0v) is 12.6. The maximum absolute atomic E-state index is 12.1. The number of amides is 1. The molecule has 0 unspecified atom stereocenters. The van der Waals surface area contributed by atoms with E-state index in [4.69, 9.17) is 5.11 Å². The van der Waals surface area contributed by atoms with Crippen LogP contribution in [0.15, 0.2) is 18.5 Å².